The van der Waals surface area contributed by atoms with Crippen molar-refractivity contribution < 1.29 is 23.4 Å². The van der Waals surface area contributed by atoms with Crippen LogP contribution in [-0.4, -0.2) is 33.3 Å². The molecule has 1 heterocycles. The zero-order chi connectivity index (χ0) is 16.4. The molecule has 0 aliphatic carbocycles. The van der Waals surface area contributed by atoms with E-state index in [1.54, 1.807) is 18.2 Å². The van der Waals surface area contributed by atoms with Crippen molar-refractivity contribution in [3.63, 3.8) is 0 Å². The minimum Gasteiger partial charge on any atom is -0.496 e. The van der Waals surface area contributed by atoms with Crippen LogP contribution < -0.4 is 19.1 Å². The monoisotopic (exact) mass is 317 g/mol. The van der Waals surface area contributed by atoms with Gasteiger partial charge >= 0.3 is 0 Å². The normalized spacial score (nSPS) is 13.1. The van der Waals surface area contributed by atoms with Crippen LogP contribution in [0, 0.1) is 5.82 Å². The quantitative estimate of drug-likeness (QED) is 0.873. The second-order valence-electron chi connectivity index (χ2n) is 4.95. The summed E-state index contributed by atoms with van der Waals surface area (Å²) in [4.78, 5) is 14.5. The van der Waals surface area contributed by atoms with E-state index in [0.29, 0.717) is 41.7 Å². The maximum absolute atomic E-state index is 13.6. The molecule has 3 rings (SSSR count). The molecule has 6 heteroatoms. The molecule has 2 aromatic rings. The summed E-state index contributed by atoms with van der Waals surface area (Å²) in [5.74, 6) is 0.519. The smallest absolute Gasteiger partial charge is 0.266 e. The fourth-order valence-corrected chi connectivity index (χ4v) is 2.60. The third-order valence-electron chi connectivity index (χ3n) is 3.67. The van der Waals surface area contributed by atoms with Crippen molar-refractivity contribution in [2.24, 2.45) is 0 Å². The molecular weight excluding hydrogens is 301 g/mol. The third-order valence-corrected chi connectivity index (χ3v) is 3.67. The van der Waals surface area contributed by atoms with Crippen LogP contribution in [0.5, 0.6) is 17.2 Å². The van der Waals surface area contributed by atoms with E-state index in [0.717, 1.165) is 0 Å². The molecule has 1 aliphatic rings. The zero-order valence-corrected chi connectivity index (χ0v) is 12.8. The number of amides is 1. The van der Waals surface area contributed by atoms with Gasteiger partial charge in [-0.2, -0.15) is 0 Å². The number of benzene rings is 2. The molecule has 0 spiro atoms. The molecule has 5 nitrogen and oxygen atoms in total. The lowest BCUT2D eigenvalue weighted by Gasteiger charge is -2.30. The lowest BCUT2D eigenvalue weighted by Crippen LogP contribution is -2.38. The van der Waals surface area contributed by atoms with E-state index in [9.17, 15) is 9.18 Å². The third kappa shape index (κ3) is 2.67. The van der Waals surface area contributed by atoms with Crippen molar-refractivity contribution in [1.29, 1.82) is 0 Å². The Morgan fingerprint density at radius 3 is 2.52 bits per heavy atom. The van der Waals surface area contributed by atoms with Crippen LogP contribution in [0.3, 0.4) is 0 Å². The SMILES string of the molecule is COc1cccc(OC)c1C(=O)N1CCOc2ccc(F)cc21. The molecule has 1 aliphatic heterocycles. The summed E-state index contributed by atoms with van der Waals surface area (Å²) in [6.07, 6.45) is 0. The molecule has 0 fully saturated rings. The van der Waals surface area contributed by atoms with Gasteiger partial charge < -0.3 is 19.1 Å². The Hall–Kier alpha value is -2.76. The van der Waals surface area contributed by atoms with Crippen LogP contribution in [0.15, 0.2) is 36.4 Å². The minimum absolute atomic E-state index is 0.301. The average Bonchev–Trinajstić information content (AvgIpc) is 2.59. The van der Waals surface area contributed by atoms with Crippen LogP contribution >= 0.6 is 0 Å². The summed E-state index contributed by atoms with van der Waals surface area (Å²) in [6, 6.07) is 9.21. The summed E-state index contributed by atoms with van der Waals surface area (Å²) in [5, 5.41) is 0. The predicted octanol–water partition coefficient (Wildman–Crippen LogP) is 2.88. The maximum atomic E-state index is 13.6. The van der Waals surface area contributed by atoms with Gasteiger partial charge in [0.2, 0.25) is 0 Å². The van der Waals surface area contributed by atoms with E-state index in [-0.39, 0.29) is 5.91 Å². The first-order valence-corrected chi connectivity index (χ1v) is 7.11. The highest BCUT2D eigenvalue weighted by Crippen LogP contribution is 2.36. The molecule has 0 aromatic heterocycles. The van der Waals surface area contributed by atoms with Crippen molar-refractivity contribution in [3.8, 4) is 17.2 Å². The van der Waals surface area contributed by atoms with E-state index in [1.165, 1.54) is 37.3 Å². The Bertz CT molecular complexity index is 725. The van der Waals surface area contributed by atoms with Crippen molar-refractivity contribution in [2.75, 3.05) is 32.3 Å². The van der Waals surface area contributed by atoms with E-state index >= 15 is 0 Å². The Labute approximate surface area is 133 Å². The molecule has 23 heavy (non-hydrogen) atoms. The standard InChI is InChI=1S/C17H16FNO4/c1-21-14-4-3-5-15(22-2)16(14)17(20)19-8-9-23-13-7-6-11(18)10-12(13)19/h3-7,10H,8-9H2,1-2H3. The van der Waals surface area contributed by atoms with Gasteiger partial charge in [0.05, 0.1) is 26.5 Å². The number of hydrogen-bond acceptors (Lipinski definition) is 4. The first kappa shape index (κ1) is 15.1. The molecule has 120 valence electrons. The van der Waals surface area contributed by atoms with Gasteiger partial charge in [-0.05, 0) is 24.3 Å². The molecule has 2 aromatic carbocycles. The Balaban J connectivity index is 2.08. The van der Waals surface area contributed by atoms with Crippen molar-refractivity contribution in [1.82, 2.24) is 0 Å². The molecule has 0 saturated carbocycles. The van der Waals surface area contributed by atoms with Crippen LogP contribution in [0.25, 0.3) is 0 Å². The van der Waals surface area contributed by atoms with Gasteiger partial charge in [-0.15, -0.1) is 0 Å². The van der Waals surface area contributed by atoms with Crippen LogP contribution in [-0.2, 0) is 0 Å². The van der Waals surface area contributed by atoms with Gasteiger partial charge in [0.25, 0.3) is 5.91 Å². The number of anilines is 1. The minimum atomic E-state index is -0.431. The van der Waals surface area contributed by atoms with Crippen LogP contribution in [0.1, 0.15) is 10.4 Å². The Kier molecular flexibility index (Phi) is 4.06. The summed E-state index contributed by atoms with van der Waals surface area (Å²) in [6.45, 7) is 0.651. The largest absolute Gasteiger partial charge is 0.496 e. The topological polar surface area (TPSA) is 48.0 Å². The fraction of sp³-hybridized carbons (Fsp3) is 0.235. The van der Waals surface area contributed by atoms with Crippen LogP contribution in [0.4, 0.5) is 10.1 Å². The van der Waals surface area contributed by atoms with E-state index in [1.807, 2.05) is 0 Å². The molecule has 1 amide bonds. The zero-order valence-electron chi connectivity index (χ0n) is 12.8. The van der Waals surface area contributed by atoms with Gasteiger partial charge in [-0.25, -0.2) is 4.39 Å². The molecule has 0 unspecified atom stereocenters. The van der Waals surface area contributed by atoms with Crippen molar-refractivity contribution >= 4 is 11.6 Å². The summed E-state index contributed by atoms with van der Waals surface area (Å²) in [7, 11) is 2.97. The second kappa shape index (κ2) is 6.16. The summed E-state index contributed by atoms with van der Waals surface area (Å²) in [5.41, 5.74) is 0.698. The number of carbonyl (C=O) groups excluding carboxylic acids is 1. The van der Waals surface area contributed by atoms with Crippen LogP contribution in [0.2, 0.25) is 0 Å². The lowest BCUT2D eigenvalue weighted by molar-refractivity contribution is 0.0970. The summed E-state index contributed by atoms with van der Waals surface area (Å²) < 4.78 is 29.6. The first-order chi connectivity index (χ1) is 11.2. The number of methoxy groups -OCH3 is 2. The first-order valence-electron chi connectivity index (χ1n) is 7.11. The highest BCUT2D eigenvalue weighted by atomic mass is 19.1. The fourth-order valence-electron chi connectivity index (χ4n) is 2.60. The predicted molar refractivity (Wildman–Crippen MR) is 83.1 cm³/mol. The molecule has 0 atom stereocenters. The van der Waals surface area contributed by atoms with Gasteiger partial charge in [0, 0.05) is 6.07 Å². The molecule has 0 radical (unpaired) electrons. The highest BCUT2D eigenvalue weighted by Gasteiger charge is 2.29. The number of ether oxygens (including phenoxy) is 3. The van der Waals surface area contributed by atoms with Crippen molar-refractivity contribution in [2.45, 2.75) is 0 Å². The number of fused-ring (bicyclic) bond motifs is 1. The second-order valence-corrected chi connectivity index (χ2v) is 4.95. The van der Waals surface area contributed by atoms with Gasteiger partial charge in [0.1, 0.15) is 35.2 Å². The van der Waals surface area contributed by atoms with E-state index in [4.69, 9.17) is 14.2 Å². The van der Waals surface area contributed by atoms with E-state index in [2.05, 4.69) is 0 Å². The van der Waals surface area contributed by atoms with E-state index < -0.39 is 5.82 Å². The molecular formula is C17H16FNO4. The highest BCUT2D eigenvalue weighted by molar-refractivity contribution is 6.10. The summed E-state index contributed by atoms with van der Waals surface area (Å²) >= 11 is 0. The maximum Gasteiger partial charge on any atom is 0.266 e. The number of carbonyl (C=O) groups is 1. The number of halogens is 1. The Morgan fingerprint density at radius 1 is 1.17 bits per heavy atom. The van der Waals surface area contributed by atoms with Gasteiger partial charge in [-0.3, -0.25) is 4.79 Å². The number of nitrogens with zero attached hydrogens (tertiary/aromatic N) is 1. The van der Waals surface area contributed by atoms with Crippen molar-refractivity contribution in [3.05, 3.63) is 47.8 Å². The molecule has 0 saturated heterocycles. The lowest BCUT2D eigenvalue weighted by atomic mass is 10.1. The molecule has 0 bridgehead atoms. The van der Waals surface area contributed by atoms with Gasteiger partial charge in [0.15, 0.2) is 0 Å². The van der Waals surface area contributed by atoms with Gasteiger partial charge in [-0.1, -0.05) is 6.07 Å². The average molecular weight is 317 g/mol. The molecule has 0 N–H and O–H groups in total. The number of rotatable bonds is 3. The Morgan fingerprint density at radius 2 is 1.87 bits per heavy atom. The number of hydrogen-bond donors (Lipinski definition) is 0.